The SMILES string of the molecule is CC(C)c1noc(N2CC(C)C(COc3ccc(-c4ccc(S(C)(=O)=O)c(F)c4)cc3)C2)n1. The van der Waals surface area contributed by atoms with Crippen LogP contribution < -0.4 is 9.64 Å². The first-order valence-corrected chi connectivity index (χ1v) is 12.8. The molecule has 176 valence electrons. The Bertz CT molecular complexity index is 1220. The fourth-order valence-corrected chi connectivity index (χ4v) is 4.65. The van der Waals surface area contributed by atoms with E-state index in [0.29, 0.717) is 35.8 Å². The van der Waals surface area contributed by atoms with Gasteiger partial charge in [-0.2, -0.15) is 4.98 Å². The molecule has 3 aromatic rings. The highest BCUT2D eigenvalue weighted by atomic mass is 32.2. The molecule has 0 aliphatic carbocycles. The predicted octanol–water partition coefficient (Wildman–Crippen LogP) is 4.55. The quantitative estimate of drug-likeness (QED) is 0.497. The molecule has 0 N–H and O–H groups in total. The van der Waals surface area contributed by atoms with Crippen molar-refractivity contribution >= 4 is 15.9 Å². The van der Waals surface area contributed by atoms with E-state index in [1.165, 1.54) is 12.1 Å². The Kier molecular flexibility index (Phi) is 6.43. The summed E-state index contributed by atoms with van der Waals surface area (Å²) in [6.45, 7) is 8.42. The summed E-state index contributed by atoms with van der Waals surface area (Å²) in [4.78, 5) is 6.30. The van der Waals surface area contributed by atoms with Crippen molar-refractivity contribution in [1.82, 2.24) is 10.1 Å². The van der Waals surface area contributed by atoms with Crippen LogP contribution >= 0.6 is 0 Å². The third-order valence-electron chi connectivity index (χ3n) is 5.97. The van der Waals surface area contributed by atoms with Crippen LogP contribution in [0.3, 0.4) is 0 Å². The zero-order chi connectivity index (χ0) is 23.8. The lowest BCUT2D eigenvalue weighted by Gasteiger charge is -2.15. The summed E-state index contributed by atoms with van der Waals surface area (Å²) in [7, 11) is -3.60. The summed E-state index contributed by atoms with van der Waals surface area (Å²) in [6.07, 6.45) is 0.993. The zero-order valence-electron chi connectivity index (χ0n) is 19.2. The minimum atomic E-state index is -3.60. The maximum Gasteiger partial charge on any atom is 0.324 e. The Morgan fingerprint density at radius 3 is 2.45 bits per heavy atom. The van der Waals surface area contributed by atoms with Crippen LogP contribution in [-0.4, -0.2) is 44.5 Å². The Hall–Kier alpha value is -2.94. The van der Waals surface area contributed by atoms with E-state index in [0.717, 1.165) is 30.7 Å². The van der Waals surface area contributed by atoms with Crippen LogP contribution in [0.5, 0.6) is 5.75 Å². The van der Waals surface area contributed by atoms with Crippen LogP contribution in [0.15, 0.2) is 51.9 Å². The first-order chi connectivity index (χ1) is 15.6. The molecule has 2 atom stereocenters. The van der Waals surface area contributed by atoms with Crippen LogP contribution in [0, 0.1) is 17.7 Å². The molecule has 1 aromatic heterocycles. The topological polar surface area (TPSA) is 85.5 Å². The molecule has 9 heteroatoms. The van der Waals surface area contributed by atoms with E-state index >= 15 is 0 Å². The fourth-order valence-electron chi connectivity index (χ4n) is 3.92. The Morgan fingerprint density at radius 1 is 1.15 bits per heavy atom. The first kappa shape index (κ1) is 23.2. The highest BCUT2D eigenvalue weighted by Crippen LogP contribution is 2.30. The molecule has 2 aromatic carbocycles. The maximum atomic E-state index is 14.2. The van der Waals surface area contributed by atoms with Crippen LogP contribution in [0.25, 0.3) is 11.1 Å². The second kappa shape index (κ2) is 9.13. The van der Waals surface area contributed by atoms with Gasteiger partial charge in [0, 0.05) is 31.2 Å². The van der Waals surface area contributed by atoms with Crippen molar-refractivity contribution < 1.29 is 22.1 Å². The van der Waals surface area contributed by atoms with Crippen molar-refractivity contribution in [3.8, 4) is 16.9 Å². The number of anilines is 1. The minimum Gasteiger partial charge on any atom is -0.493 e. The summed E-state index contributed by atoms with van der Waals surface area (Å²) in [5.74, 6) is 1.63. The number of rotatable bonds is 7. The average molecular weight is 474 g/mol. The molecule has 2 heterocycles. The van der Waals surface area contributed by atoms with E-state index in [2.05, 4.69) is 22.0 Å². The molecule has 0 amide bonds. The molecular weight excluding hydrogens is 445 g/mol. The lowest BCUT2D eigenvalue weighted by molar-refractivity contribution is 0.233. The van der Waals surface area contributed by atoms with Gasteiger partial charge in [0.15, 0.2) is 15.7 Å². The van der Waals surface area contributed by atoms with Crippen LogP contribution in [-0.2, 0) is 9.84 Å². The fraction of sp³-hybridized carbons (Fsp3) is 0.417. The lowest BCUT2D eigenvalue weighted by Crippen LogP contribution is -2.22. The molecule has 0 bridgehead atoms. The number of hydrogen-bond acceptors (Lipinski definition) is 7. The Morgan fingerprint density at radius 2 is 1.85 bits per heavy atom. The number of aromatic nitrogens is 2. The number of nitrogens with zero attached hydrogens (tertiary/aromatic N) is 3. The van der Waals surface area contributed by atoms with Gasteiger partial charge in [-0.3, -0.25) is 0 Å². The highest BCUT2D eigenvalue weighted by molar-refractivity contribution is 7.90. The van der Waals surface area contributed by atoms with Crippen molar-refractivity contribution in [1.29, 1.82) is 0 Å². The second-order valence-electron chi connectivity index (χ2n) is 8.98. The van der Waals surface area contributed by atoms with Crippen molar-refractivity contribution in [2.45, 2.75) is 31.6 Å². The molecule has 7 nitrogen and oxygen atoms in total. The monoisotopic (exact) mass is 473 g/mol. The first-order valence-electron chi connectivity index (χ1n) is 10.9. The summed E-state index contributed by atoms with van der Waals surface area (Å²) in [6, 6.07) is 12.0. The molecule has 0 spiro atoms. The van der Waals surface area contributed by atoms with Crippen molar-refractivity contribution in [3.63, 3.8) is 0 Å². The van der Waals surface area contributed by atoms with Gasteiger partial charge in [0.25, 0.3) is 0 Å². The van der Waals surface area contributed by atoms with Crippen molar-refractivity contribution in [2.75, 3.05) is 30.9 Å². The molecular formula is C24H28FN3O4S. The zero-order valence-corrected chi connectivity index (χ0v) is 20.0. The van der Waals surface area contributed by atoms with E-state index in [9.17, 15) is 12.8 Å². The number of sulfone groups is 1. The predicted molar refractivity (Wildman–Crippen MR) is 124 cm³/mol. The standard InChI is InChI=1S/C24H28FN3O4S/c1-15(2)23-26-24(32-27-23)28-12-16(3)19(13-28)14-31-20-8-5-17(6-9-20)18-7-10-22(21(25)11-18)33(4,29)30/h5-11,15-16,19H,12-14H2,1-4H3. The molecule has 1 saturated heterocycles. The van der Waals surface area contributed by atoms with Crippen molar-refractivity contribution in [3.05, 3.63) is 54.1 Å². The third-order valence-corrected chi connectivity index (χ3v) is 7.10. The number of benzene rings is 2. The van der Waals surface area contributed by atoms with Crippen molar-refractivity contribution in [2.24, 2.45) is 11.8 Å². The minimum absolute atomic E-state index is 0.221. The summed E-state index contributed by atoms with van der Waals surface area (Å²) >= 11 is 0. The number of halogens is 1. The molecule has 0 saturated carbocycles. The second-order valence-corrected chi connectivity index (χ2v) is 11.0. The number of hydrogen-bond donors (Lipinski definition) is 0. The van der Waals surface area contributed by atoms with E-state index < -0.39 is 15.7 Å². The van der Waals surface area contributed by atoms with Gasteiger partial charge >= 0.3 is 6.01 Å². The lowest BCUT2D eigenvalue weighted by atomic mass is 9.99. The Labute approximate surface area is 193 Å². The molecule has 1 aliphatic rings. The highest BCUT2D eigenvalue weighted by Gasteiger charge is 2.33. The average Bonchev–Trinajstić information content (AvgIpc) is 3.39. The van der Waals surface area contributed by atoms with Gasteiger partial charge in [-0.25, -0.2) is 12.8 Å². The van der Waals surface area contributed by atoms with E-state index in [4.69, 9.17) is 9.26 Å². The maximum absolute atomic E-state index is 14.2. The van der Waals surface area contributed by atoms with Gasteiger partial charge in [0.05, 0.1) is 6.61 Å². The molecule has 2 unspecified atom stereocenters. The summed E-state index contributed by atoms with van der Waals surface area (Å²) in [5.41, 5.74) is 1.38. The van der Waals surface area contributed by atoms with Gasteiger partial charge in [-0.1, -0.05) is 44.1 Å². The Balaban J connectivity index is 1.37. The largest absolute Gasteiger partial charge is 0.493 e. The van der Waals surface area contributed by atoms with Gasteiger partial charge in [-0.15, -0.1) is 0 Å². The molecule has 1 fully saturated rings. The molecule has 33 heavy (non-hydrogen) atoms. The smallest absolute Gasteiger partial charge is 0.324 e. The molecule has 4 rings (SSSR count). The van der Waals surface area contributed by atoms with Crippen LogP contribution in [0.2, 0.25) is 0 Å². The number of ether oxygens (including phenoxy) is 1. The normalized spacial score (nSPS) is 18.8. The van der Waals surface area contributed by atoms with E-state index in [1.807, 2.05) is 38.1 Å². The summed E-state index contributed by atoms with van der Waals surface area (Å²) < 4.78 is 48.9. The van der Waals surface area contributed by atoms with Gasteiger partial charge in [0.1, 0.15) is 16.5 Å². The van der Waals surface area contributed by atoms with E-state index in [1.54, 1.807) is 6.07 Å². The van der Waals surface area contributed by atoms with Crippen LogP contribution in [0.1, 0.15) is 32.5 Å². The van der Waals surface area contributed by atoms with Crippen LogP contribution in [0.4, 0.5) is 10.4 Å². The van der Waals surface area contributed by atoms with Gasteiger partial charge < -0.3 is 14.2 Å². The van der Waals surface area contributed by atoms with Gasteiger partial charge in [-0.05, 0) is 41.3 Å². The van der Waals surface area contributed by atoms with Gasteiger partial charge in [0.2, 0.25) is 0 Å². The molecule has 1 aliphatic heterocycles. The van der Waals surface area contributed by atoms with E-state index in [-0.39, 0.29) is 10.8 Å². The summed E-state index contributed by atoms with van der Waals surface area (Å²) in [5, 5.41) is 4.05. The third kappa shape index (κ3) is 5.19. The molecule has 0 radical (unpaired) electrons.